The third-order valence-electron chi connectivity index (χ3n) is 1.03. The Labute approximate surface area is 67.6 Å². The van der Waals surface area contributed by atoms with Crippen LogP contribution in [-0.2, 0) is 9.53 Å². The van der Waals surface area contributed by atoms with Crippen molar-refractivity contribution in [1.82, 2.24) is 0 Å². The molecule has 0 N–H and O–H groups in total. The van der Waals surface area contributed by atoms with E-state index in [1.165, 1.54) is 0 Å². The van der Waals surface area contributed by atoms with Crippen molar-refractivity contribution in [2.45, 2.75) is 20.3 Å². The van der Waals surface area contributed by atoms with Crippen LogP contribution in [0.25, 0.3) is 0 Å². The molecule has 0 aliphatic rings. The molecule has 0 amide bonds. The molecule has 0 rings (SSSR count). The molecule has 0 atom stereocenters. The normalized spacial score (nSPS) is 11.1. The summed E-state index contributed by atoms with van der Waals surface area (Å²) in [7, 11) is 0. The van der Waals surface area contributed by atoms with E-state index in [1.54, 1.807) is 13.0 Å². The third kappa shape index (κ3) is 6.84. The van der Waals surface area contributed by atoms with Gasteiger partial charge in [0.1, 0.15) is 0 Å². The second-order valence-corrected chi connectivity index (χ2v) is 1.96. The molecule has 0 saturated carbocycles. The van der Waals surface area contributed by atoms with Crippen molar-refractivity contribution in [2.24, 2.45) is 0 Å². The Kier molecular flexibility index (Phi) is 6.39. The minimum atomic E-state index is -0.173. The Hall–Kier alpha value is -1.05. The summed E-state index contributed by atoms with van der Waals surface area (Å²) in [5.41, 5.74) is 0. The van der Waals surface area contributed by atoms with Gasteiger partial charge in [-0.15, -0.1) is 0 Å². The Morgan fingerprint density at radius 2 is 2.18 bits per heavy atom. The Morgan fingerprint density at radius 3 is 2.73 bits per heavy atom. The summed E-state index contributed by atoms with van der Waals surface area (Å²) in [4.78, 5) is 10.7. The molecule has 2 nitrogen and oxygen atoms in total. The van der Waals surface area contributed by atoms with E-state index in [4.69, 9.17) is 4.74 Å². The molecule has 0 aromatic carbocycles. The van der Waals surface area contributed by atoms with Crippen LogP contribution >= 0.6 is 0 Å². The van der Waals surface area contributed by atoms with Gasteiger partial charge >= 0.3 is 5.97 Å². The summed E-state index contributed by atoms with van der Waals surface area (Å²) >= 11 is 0. The highest BCUT2D eigenvalue weighted by atomic mass is 16.5. The lowest BCUT2D eigenvalue weighted by Gasteiger charge is -1.95. The van der Waals surface area contributed by atoms with Crippen LogP contribution in [0.4, 0.5) is 0 Å². The minimum absolute atomic E-state index is 0.173. The standard InChI is InChI=1S/C9H14O2/c1-3-5-6-7-8-9(10)11-4-2/h3,5-7H,4,8H2,1-2H3/b5-3+,7-6+. The van der Waals surface area contributed by atoms with Gasteiger partial charge < -0.3 is 4.74 Å². The number of ether oxygens (including phenoxy) is 1. The van der Waals surface area contributed by atoms with Crippen molar-refractivity contribution in [2.75, 3.05) is 6.61 Å². The molecule has 0 aromatic heterocycles. The molecule has 0 fully saturated rings. The first-order valence-corrected chi connectivity index (χ1v) is 3.74. The molecule has 0 unspecified atom stereocenters. The molecule has 0 aromatic rings. The van der Waals surface area contributed by atoms with E-state index in [2.05, 4.69) is 0 Å². The van der Waals surface area contributed by atoms with E-state index in [9.17, 15) is 4.79 Å². The van der Waals surface area contributed by atoms with E-state index in [-0.39, 0.29) is 5.97 Å². The van der Waals surface area contributed by atoms with Crippen LogP contribution in [0.2, 0.25) is 0 Å². The molecule has 0 heterocycles. The zero-order valence-electron chi connectivity index (χ0n) is 7.04. The zero-order chi connectivity index (χ0) is 8.53. The fourth-order valence-electron chi connectivity index (χ4n) is 0.574. The van der Waals surface area contributed by atoms with Gasteiger partial charge in [-0.1, -0.05) is 24.3 Å². The second-order valence-electron chi connectivity index (χ2n) is 1.96. The fraction of sp³-hybridized carbons (Fsp3) is 0.444. The predicted octanol–water partition coefficient (Wildman–Crippen LogP) is 2.07. The van der Waals surface area contributed by atoms with Crippen LogP contribution < -0.4 is 0 Å². The molecule has 0 saturated heterocycles. The maximum Gasteiger partial charge on any atom is 0.309 e. The highest BCUT2D eigenvalue weighted by Gasteiger charge is 1.94. The van der Waals surface area contributed by atoms with Crippen molar-refractivity contribution in [3.8, 4) is 0 Å². The molecule has 0 radical (unpaired) electrons. The number of esters is 1. The van der Waals surface area contributed by atoms with E-state index in [0.717, 1.165) is 0 Å². The molecule has 0 bridgehead atoms. The van der Waals surface area contributed by atoms with Gasteiger partial charge in [0.25, 0.3) is 0 Å². The van der Waals surface area contributed by atoms with E-state index < -0.39 is 0 Å². The Bertz CT molecular complexity index is 157. The molecular formula is C9H14O2. The van der Waals surface area contributed by atoms with Crippen molar-refractivity contribution >= 4 is 5.97 Å². The summed E-state index contributed by atoms with van der Waals surface area (Å²) in [5, 5.41) is 0. The predicted molar refractivity (Wildman–Crippen MR) is 45.2 cm³/mol. The summed E-state index contributed by atoms with van der Waals surface area (Å²) in [6, 6.07) is 0. The lowest BCUT2D eigenvalue weighted by Crippen LogP contribution is -2.01. The highest BCUT2D eigenvalue weighted by molar-refractivity contribution is 5.71. The smallest absolute Gasteiger partial charge is 0.309 e. The largest absolute Gasteiger partial charge is 0.466 e. The second kappa shape index (κ2) is 7.06. The van der Waals surface area contributed by atoms with Gasteiger partial charge in [-0.25, -0.2) is 0 Å². The highest BCUT2D eigenvalue weighted by Crippen LogP contribution is 1.88. The summed E-state index contributed by atoms with van der Waals surface area (Å²) in [6.07, 6.45) is 7.74. The van der Waals surface area contributed by atoms with Gasteiger partial charge in [-0.3, -0.25) is 4.79 Å². The first-order valence-electron chi connectivity index (χ1n) is 3.74. The Balaban J connectivity index is 3.44. The summed E-state index contributed by atoms with van der Waals surface area (Å²) in [5.74, 6) is -0.173. The van der Waals surface area contributed by atoms with Crippen molar-refractivity contribution in [3.63, 3.8) is 0 Å². The molecule has 2 heteroatoms. The van der Waals surface area contributed by atoms with Crippen molar-refractivity contribution in [3.05, 3.63) is 24.3 Å². The van der Waals surface area contributed by atoms with Gasteiger partial charge in [0.2, 0.25) is 0 Å². The van der Waals surface area contributed by atoms with E-state index >= 15 is 0 Å². The number of hydrogen-bond donors (Lipinski definition) is 0. The lowest BCUT2D eigenvalue weighted by molar-refractivity contribution is -0.142. The quantitative estimate of drug-likeness (QED) is 0.457. The number of rotatable bonds is 4. The van der Waals surface area contributed by atoms with Crippen molar-refractivity contribution < 1.29 is 9.53 Å². The van der Waals surface area contributed by atoms with Gasteiger partial charge in [0, 0.05) is 0 Å². The average molecular weight is 154 g/mol. The molecular weight excluding hydrogens is 140 g/mol. The van der Waals surface area contributed by atoms with E-state index in [0.29, 0.717) is 13.0 Å². The van der Waals surface area contributed by atoms with Crippen LogP contribution in [0.15, 0.2) is 24.3 Å². The maximum atomic E-state index is 10.7. The number of carbonyl (C=O) groups excluding carboxylic acids is 1. The summed E-state index contributed by atoms with van der Waals surface area (Å²) < 4.78 is 4.71. The minimum Gasteiger partial charge on any atom is -0.466 e. The summed E-state index contributed by atoms with van der Waals surface area (Å²) in [6.45, 7) is 4.18. The number of carbonyl (C=O) groups is 1. The first-order chi connectivity index (χ1) is 5.31. The van der Waals surface area contributed by atoms with Crippen LogP contribution in [0.1, 0.15) is 20.3 Å². The van der Waals surface area contributed by atoms with Crippen LogP contribution in [0.3, 0.4) is 0 Å². The zero-order valence-corrected chi connectivity index (χ0v) is 7.04. The lowest BCUT2D eigenvalue weighted by atomic mass is 10.3. The molecule has 0 spiro atoms. The van der Waals surface area contributed by atoms with Gasteiger partial charge in [0.05, 0.1) is 13.0 Å². The maximum absolute atomic E-state index is 10.7. The van der Waals surface area contributed by atoms with Crippen LogP contribution in [0.5, 0.6) is 0 Å². The van der Waals surface area contributed by atoms with Gasteiger partial charge in [0.15, 0.2) is 0 Å². The SMILES string of the molecule is C/C=C/C=C/CC(=O)OCC. The average Bonchev–Trinajstić information content (AvgIpc) is 1.99. The molecule has 0 aliphatic heterocycles. The van der Waals surface area contributed by atoms with Gasteiger partial charge in [-0.05, 0) is 13.8 Å². The first kappa shape index (κ1) is 9.95. The molecule has 62 valence electrons. The number of allylic oxidation sites excluding steroid dienone is 3. The third-order valence-corrected chi connectivity index (χ3v) is 1.03. The fourth-order valence-corrected chi connectivity index (χ4v) is 0.574. The van der Waals surface area contributed by atoms with Crippen molar-refractivity contribution in [1.29, 1.82) is 0 Å². The topological polar surface area (TPSA) is 26.3 Å². The molecule has 0 aliphatic carbocycles. The molecule has 11 heavy (non-hydrogen) atoms. The van der Waals surface area contributed by atoms with Gasteiger partial charge in [-0.2, -0.15) is 0 Å². The van der Waals surface area contributed by atoms with Crippen LogP contribution in [-0.4, -0.2) is 12.6 Å². The Morgan fingerprint density at radius 1 is 1.45 bits per heavy atom. The monoisotopic (exact) mass is 154 g/mol. The number of hydrogen-bond acceptors (Lipinski definition) is 2. The van der Waals surface area contributed by atoms with Crippen LogP contribution in [0, 0.1) is 0 Å². The van der Waals surface area contributed by atoms with E-state index in [1.807, 2.05) is 25.2 Å².